The van der Waals surface area contributed by atoms with E-state index >= 15 is 0 Å². The van der Waals surface area contributed by atoms with Crippen molar-refractivity contribution in [2.75, 3.05) is 30.4 Å². The summed E-state index contributed by atoms with van der Waals surface area (Å²) >= 11 is 0. The lowest BCUT2D eigenvalue weighted by molar-refractivity contribution is 0.0558. The fourth-order valence-corrected chi connectivity index (χ4v) is 6.87. The first-order valence-corrected chi connectivity index (χ1v) is 13.1. The quantitative estimate of drug-likeness (QED) is 0.383. The summed E-state index contributed by atoms with van der Waals surface area (Å²) in [5.41, 5.74) is 14.4. The number of hydrogen-bond acceptors (Lipinski definition) is 7. The van der Waals surface area contributed by atoms with Crippen LogP contribution in [0.1, 0.15) is 48.1 Å². The number of rotatable bonds is 4. The lowest BCUT2D eigenvalue weighted by Gasteiger charge is -2.60. The smallest absolute Gasteiger partial charge is 0.324 e. The number of fused-ring (bicyclic) bond motifs is 5. The molecule has 2 saturated carbocycles. The van der Waals surface area contributed by atoms with E-state index < -0.39 is 0 Å². The van der Waals surface area contributed by atoms with E-state index in [0.717, 1.165) is 83.9 Å². The van der Waals surface area contributed by atoms with Gasteiger partial charge in [-0.15, -0.1) is 0 Å². The number of halogens is 1. The monoisotopic (exact) mass is 496 g/mol. The molecule has 0 radical (unpaired) electrons. The Bertz CT molecular complexity index is 1520. The fraction of sp³-hybridized carbons (Fsp3) is 0.379. The van der Waals surface area contributed by atoms with Gasteiger partial charge in [0.2, 0.25) is 0 Å². The summed E-state index contributed by atoms with van der Waals surface area (Å²) in [6.45, 7) is 5.92. The van der Waals surface area contributed by atoms with Gasteiger partial charge in [-0.3, -0.25) is 0 Å². The molecule has 3 aliphatic carbocycles. The SMILES string of the molecule is C=C1NC2(CC2)c2ccc(Oc3nc4c(c(N5CC6(CC[C@H]6N)C5)n3)-c3cc(F)cc(NC)c3C4)cc21. The number of anilines is 2. The third-order valence-electron chi connectivity index (χ3n) is 9.27. The van der Waals surface area contributed by atoms with E-state index in [4.69, 9.17) is 20.4 Å². The predicted octanol–water partition coefficient (Wildman–Crippen LogP) is 4.51. The van der Waals surface area contributed by atoms with Crippen molar-refractivity contribution >= 4 is 17.2 Å². The average Bonchev–Trinajstić information content (AvgIpc) is 3.45. The average molecular weight is 497 g/mol. The van der Waals surface area contributed by atoms with Crippen LogP contribution in [0.3, 0.4) is 0 Å². The lowest BCUT2D eigenvalue weighted by Crippen LogP contribution is -2.69. The molecule has 7 nitrogen and oxygen atoms in total. The summed E-state index contributed by atoms with van der Waals surface area (Å²) in [5.74, 6) is 1.22. The molecule has 2 aromatic carbocycles. The number of benzene rings is 2. The normalized spacial score (nSPS) is 22.6. The van der Waals surface area contributed by atoms with Gasteiger partial charge in [0.05, 0.1) is 11.2 Å². The number of nitrogens with zero attached hydrogens (tertiary/aromatic N) is 3. The Balaban J connectivity index is 1.19. The number of hydrogen-bond donors (Lipinski definition) is 3. The molecule has 2 spiro atoms. The molecule has 5 aliphatic rings. The highest BCUT2D eigenvalue weighted by Crippen LogP contribution is 2.54. The Morgan fingerprint density at radius 3 is 2.70 bits per heavy atom. The van der Waals surface area contributed by atoms with E-state index in [1.165, 1.54) is 5.56 Å². The molecule has 0 amide bonds. The van der Waals surface area contributed by atoms with Gasteiger partial charge in [-0.05, 0) is 66.6 Å². The van der Waals surface area contributed by atoms with Crippen LogP contribution in [-0.2, 0) is 12.0 Å². The first-order valence-electron chi connectivity index (χ1n) is 13.1. The Morgan fingerprint density at radius 1 is 1.16 bits per heavy atom. The van der Waals surface area contributed by atoms with Gasteiger partial charge in [0.1, 0.15) is 17.4 Å². The van der Waals surface area contributed by atoms with Gasteiger partial charge in [-0.2, -0.15) is 9.97 Å². The van der Waals surface area contributed by atoms with Crippen LogP contribution in [0.15, 0.2) is 36.9 Å². The Hall–Kier alpha value is -3.65. The van der Waals surface area contributed by atoms with Crippen molar-refractivity contribution in [1.82, 2.24) is 15.3 Å². The van der Waals surface area contributed by atoms with Crippen LogP contribution in [0.4, 0.5) is 15.9 Å². The number of aromatic nitrogens is 2. The highest BCUT2D eigenvalue weighted by atomic mass is 19.1. The third kappa shape index (κ3) is 2.90. The largest absolute Gasteiger partial charge is 0.424 e. The van der Waals surface area contributed by atoms with Gasteiger partial charge in [0.25, 0.3) is 0 Å². The maximum atomic E-state index is 14.6. The van der Waals surface area contributed by atoms with Crippen LogP contribution in [-0.4, -0.2) is 36.1 Å². The van der Waals surface area contributed by atoms with Crippen molar-refractivity contribution in [3.05, 3.63) is 65.1 Å². The van der Waals surface area contributed by atoms with Gasteiger partial charge in [0.15, 0.2) is 0 Å². The molecular weight excluding hydrogens is 467 g/mol. The van der Waals surface area contributed by atoms with E-state index in [9.17, 15) is 4.39 Å². The predicted molar refractivity (Wildman–Crippen MR) is 141 cm³/mol. The van der Waals surface area contributed by atoms with Crippen molar-refractivity contribution in [3.63, 3.8) is 0 Å². The molecule has 0 bridgehead atoms. The molecule has 8 rings (SSSR count). The minimum absolute atomic E-state index is 0.0735. The second kappa shape index (κ2) is 7.01. The second-order valence-corrected chi connectivity index (χ2v) is 11.4. The van der Waals surface area contributed by atoms with Crippen molar-refractivity contribution in [2.24, 2.45) is 11.1 Å². The zero-order chi connectivity index (χ0) is 25.1. The maximum Gasteiger partial charge on any atom is 0.324 e. The Kier molecular flexibility index (Phi) is 4.06. The number of nitrogens with two attached hydrogens (primary N) is 1. The topological polar surface area (TPSA) is 88.3 Å². The Morgan fingerprint density at radius 2 is 2.00 bits per heavy atom. The number of nitrogens with one attached hydrogen (secondary N) is 2. The van der Waals surface area contributed by atoms with Crippen LogP contribution in [0.25, 0.3) is 16.8 Å². The summed E-state index contributed by atoms with van der Waals surface area (Å²) in [4.78, 5) is 12.0. The van der Waals surface area contributed by atoms with E-state index in [-0.39, 0.29) is 22.8 Å². The molecule has 3 heterocycles. The summed E-state index contributed by atoms with van der Waals surface area (Å²) in [7, 11) is 1.82. The maximum absolute atomic E-state index is 14.6. The van der Waals surface area contributed by atoms with Crippen LogP contribution in [0.5, 0.6) is 11.8 Å². The van der Waals surface area contributed by atoms with E-state index in [2.05, 4.69) is 28.2 Å². The first kappa shape index (κ1) is 21.4. The van der Waals surface area contributed by atoms with Crippen LogP contribution < -0.4 is 26.0 Å². The van der Waals surface area contributed by atoms with E-state index in [1.807, 2.05) is 19.2 Å². The molecule has 1 aromatic heterocycles. The molecule has 37 heavy (non-hydrogen) atoms. The van der Waals surface area contributed by atoms with Crippen molar-refractivity contribution in [3.8, 4) is 22.9 Å². The first-order chi connectivity index (χ1) is 17.9. The van der Waals surface area contributed by atoms with E-state index in [1.54, 1.807) is 12.1 Å². The van der Waals surface area contributed by atoms with Gasteiger partial charge in [0, 0.05) is 60.5 Å². The molecule has 188 valence electrons. The minimum atomic E-state index is -0.274. The van der Waals surface area contributed by atoms with Crippen molar-refractivity contribution < 1.29 is 9.13 Å². The number of ether oxygens (including phenoxy) is 1. The fourth-order valence-electron chi connectivity index (χ4n) is 6.87. The molecular formula is C29H29FN6O. The van der Waals surface area contributed by atoms with Crippen molar-refractivity contribution in [1.29, 1.82) is 0 Å². The molecule has 3 aromatic rings. The highest BCUT2D eigenvalue weighted by Gasteiger charge is 2.54. The summed E-state index contributed by atoms with van der Waals surface area (Å²) in [6, 6.07) is 9.84. The lowest BCUT2D eigenvalue weighted by atomic mass is 9.60. The molecule has 3 fully saturated rings. The zero-order valence-electron chi connectivity index (χ0n) is 20.8. The van der Waals surface area contributed by atoms with Gasteiger partial charge < -0.3 is 26.0 Å². The standard InChI is InChI=1S/C29H29FN6O/c1-15-18-11-17(3-4-21(18)29(35-15)7-8-29)37-27-33-23-12-19-20(9-16(30)10-22(19)32-2)25(23)26(34-27)36-13-28(14-36)6-5-24(28)31/h3-4,9-11,24,32,35H,1,5-8,12-14,31H2,2H3/t24-/m1/s1. The highest BCUT2D eigenvalue weighted by molar-refractivity contribution is 5.88. The van der Waals surface area contributed by atoms with Crippen LogP contribution >= 0.6 is 0 Å². The van der Waals surface area contributed by atoms with Gasteiger partial charge in [-0.25, -0.2) is 4.39 Å². The second-order valence-electron chi connectivity index (χ2n) is 11.4. The summed E-state index contributed by atoms with van der Waals surface area (Å²) in [5, 5.41) is 6.69. The molecule has 8 heteroatoms. The van der Waals surface area contributed by atoms with Crippen LogP contribution in [0, 0.1) is 11.2 Å². The molecule has 1 atom stereocenters. The van der Waals surface area contributed by atoms with Gasteiger partial charge in [-0.1, -0.05) is 12.6 Å². The molecule has 0 unspecified atom stereocenters. The third-order valence-corrected chi connectivity index (χ3v) is 9.27. The minimum Gasteiger partial charge on any atom is -0.424 e. The molecule has 4 N–H and O–H groups in total. The molecule has 2 aliphatic heterocycles. The van der Waals surface area contributed by atoms with E-state index in [0.29, 0.717) is 18.2 Å². The summed E-state index contributed by atoms with van der Waals surface area (Å²) < 4.78 is 20.9. The zero-order valence-corrected chi connectivity index (χ0v) is 20.8. The Labute approximate surface area is 214 Å². The summed E-state index contributed by atoms with van der Waals surface area (Å²) in [6.07, 6.45) is 5.08. The van der Waals surface area contributed by atoms with Gasteiger partial charge >= 0.3 is 6.01 Å². The van der Waals surface area contributed by atoms with Crippen LogP contribution in [0.2, 0.25) is 0 Å². The van der Waals surface area contributed by atoms with Crippen molar-refractivity contribution in [2.45, 2.75) is 43.7 Å². The molecule has 1 saturated heterocycles.